The fraction of sp³-hybridized carbons (Fsp3) is 0.0417. The van der Waals surface area contributed by atoms with E-state index in [1.165, 1.54) is 17.7 Å². The van der Waals surface area contributed by atoms with E-state index in [2.05, 4.69) is 114 Å². The molecule has 10 aromatic rings. The Balaban J connectivity index is 0.000000154. The van der Waals surface area contributed by atoms with Gasteiger partial charge in [0.15, 0.2) is 0 Å². The van der Waals surface area contributed by atoms with Crippen LogP contribution in [0.15, 0.2) is 172 Å². The minimum atomic E-state index is -0.254. The molecule has 0 bridgehead atoms. The number of aromatic nitrogens is 8. The minimum absolute atomic E-state index is 0.254. The highest BCUT2D eigenvalue weighted by Gasteiger charge is 2.18. The zero-order chi connectivity index (χ0) is 41.0. The number of H-pyrrole nitrogens is 2. The number of hydrogen-bond donors (Lipinski definition) is 2. The van der Waals surface area contributed by atoms with Gasteiger partial charge in [-0.05, 0) is 128 Å². The van der Waals surface area contributed by atoms with Gasteiger partial charge in [-0.1, -0.05) is 76.6 Å². The number of hydrogen-bond acceptors (Lipinski definition) is 6. The van der Waals surface area contributed by atoms with E-state index >= 15 is 0 Å². The second-order valence-electron chi connectivity index (χ2n) is 13.9. The molecule has 0 radical (unpaired) electrons. The second kappa shape index (κ2) is 17.6. The average Bonchev–Trinajstić information content (AvgIpc) is 3.88. The third-order valence-corrected chi connectivity index (χ3v) is 11.1. The molecule has 0 spiro atoms. The number of imidazole rings is 2. The summed E-state index contributed by atoms with van der Waals surface area (Å²) in [5.74, 6) is 1.39. The topological polar surface area (TPSA) is 109 Å². The predicted octanol–water partition coefficient (Wildman–Crippen LogP) is 13.0. The van der Waals surface area contributed by atoms with Crippen molar-refractivity contribution < 1.29 is 4.39 Å². The Bertz CT molecular complexity index is 2930. The Morgan fingerprint density at radius 1 is 0.467 bits per heavy atom. The summed E-state index contributed by atoms with van der Waals surface area (Å²) in [6, 6.07) is 46.8. The van der Waals surface area contributed by atoms with Gasteiger partial charge in [0, 0.05) is 51.6 Å². The standard InChI is InChI=1S/C24H16Br2N4.C24H16BrFN4/c25-18-6-1-4-15(12-18)13-22-29-23(24(30-22)20-7-2-8-21(26)28-20)17-9-10-19-16(14-17)5-3-11-27-19;25-21-8-2-7-20(28-21)24-23(17-9-10-19-16(14-17)5-3-11-27-19)29-22(30-24)13-15-4-1-6-18(26)12-15/h2*1-12,14H,13H2,(H,29,30). The van der Waals surface area contributed by atoms with Crippen molar-refractivity contribution in [2.24, 2.45) is 0 Å². The molecule has 6 aromatic heterocycles. The maximum absolute atomic E-state index is 13.6. The number of aromatic amines is 2. The quantitative estimate of drug-likeness (QED) is 0.147. The highest BCUT2D eigenvalue weighted by molar-refractivity contribution is 9.11. The predicted molar refractivity (Wildman–Crippen MR) is 247 cm³/mol. The van der Waals surface area contributed by atoms with Crippen molar-refractivity contribution in [3.63, 3.8) is 0 Å². The van der Waals surface area contributed by atoms with E-state index in [-0.39, 0.29) is 5.82 Å². The summed E-state index contributed by atoms with van der Waals surface area (Å²) in [5.41, 5.74) is 11.0. The highest BCUT2D eigenvalue weighted by atomic mass is 79.9. The highest BCUT2D eigenvalue weighted by Crippen LogP contribution is 2.34. The summed E-state index contributed by atoms with van der Waals surface area (Å²) in [6.45, 7) is 0. The number of fused-ring (bicyclic) bond motifs is 2. The average molecular weight is 980 g/mol. The molecule has 0 aliphatic heterocycles. The van der Waals surface area contributed by atoms with Gasteiger partial charge in [-0.15, -0.1) is 0 Å². The van der Waals surface area contributed by atoms with Gasteiger partial charge in [-0.3, -0.25) is 9.97 Å². The first kappa shape index (κ1) is 39.3. The molecule has 0 amide bonds. The Labute approximate surface area is 369 Å². The van der Waals surface area contributed by atoms with E-state index < -0.39 is 0 Å². The van der Waals surface area contributed by atoms with Crippen molar-refractivity contribution >= 4 is 69.6 Å². The largest absolute Gasteiger partial charge is 0.340 e. The van der Waals surface area contributed by atoms with Crippen LogP contribution >= 0.6 is 47.8 Å². The van der Waals surface area contributed by atoms with Gasteiger partial charge in [0.1, 0.15) is 26.7 Å². The van der Waals surface area contributed by atoms with E-state index in [1.54, 1.807) is 12.3 Å². The van der Waals surface area contributed by atoms with Gasteiger partial charge in [-0.25, -0.2) is 24.3 Å². The van der Waals surface area contributed by atoms with Crippen LogP contribution < -0.4 is 0 Å². The van der Waals surface area contributed by atoms with Crippen molar-refractivity contribution in [3.8, 4) is 45.3 Å². The Morgan fingerprint density at radius 2 is 0.967 bits per heavy atom. The van der Waals surface area contributed by atoms with Crippen molar-refractivity contribution in [1.82, 2.24) is 39.9 Å². The zero-order valence-corrected chi connectivity index (χ0v) is 36.4. The molecule has 0 atom stereocenters. The third kappa shape index (κ3) is 9.01. The van der Waals surface area contributed by atoms with Gasteiger partial charge < -0.3 is 9.97 Å². The first-order chi connectivity index (χ1) is 29.3. The summed E-state index contributed by atoms with van der Waals surface area (Å²) in [6.07, 6.45) is 4.79. The molecular formula is C48H32Br3FN8. The normalized spacial score (nSPS) is 11.1. The molecule has 8 nitrogen and oxygen atoms in total. The fourth-order valence-electron chi connectivity index (χ4n) is 7.02. The summed E-state index contributed by atoms with van der Waals surface area (Å²) in [7, 11) is 0. The van der Waals surface area contributed by atoms with Crippen LogP contribution in [-0.4, -0.2) is 39.9 Å². The molecule has 0 aliphatic carbocycles. The summed E-state index contributed by atoms with van der Waals surface area (Å²) in [4.78, 5) is 34.8. The van der Waals surface area contributed by atoms with E-state index in [0.717, 1.165) is 98.0 Å². The lowest BCUT2D eigenvalue weighted by Gasteiger charge is -2.04. The molecule has 2 N–H and O–H groups in total. The van der Waals surface area contributed by atoms with Gasteiger partial charge in [-0.2, -0.15) is 0 Å². The Kier molecular flexibility index (Phi) is 11.5. The molecule has 0 saturated heterocycles. The lowest BCUT2D eigenvalue weighted by atomic mass is 10.1. The van der Waals surface area contributed by atoms with E-state index in [1.807, 2.05) is 97.2 Å². The lowest BCUT2D eigenvalue weighted by molar-refractivity contribution is 0.626. The number of pyridine rings is 4. The van der Waals surface area contributed by atoms with Gasteiger partial charge in [0.25, 0.3) is 0 Å². The van der Waals surface area contributed by atoms with E-state index in [4.69, 9.17) is 9.97 Å². The molecule has 292 valence electrons. The minimum Gasteiger partial charge on any atom is -0.340 e. The molecule has 0 saturated carbocycles. The molecule has 60 heavy (non-hydrogen) atoms. The molecule has 0 aliphatic rings. The van der Waals surface area contributed by atoms with Gasteiger partial charge in [0.2, 0.25) is 0 Å². The van der Waals surface area contributed by atoms with Crippen LogP contribution in [0.4, 0.5) is 4.39 Å². The fourth-order valence-corrected chi connectivity index (χ4v) is 8.16. The van der Waals surface area contributed by atoms with Crippen LogP contribution in [-0.2, 0) is 12.8 Å². The molecule has 6 heterocycles. The maximum atomic E-state index is 13.6. The number of nitrogens with zero attached hydrogens (tertiary/aromatic N) is 6. The first-order valence-electron chi connectivity index (χ1n) is 18.9. The van der Waals surface area contributed by atoms with Crippen LogP contribution in [0.3, 0.4) is 0 Å². The summed E-state index contributed by atoms with van der Waals surface area (Å²) < 4.78 is 16.2. The molecule has 0 unspecified atom stereocenters. The van der Waals surface area contributed by atoms with Gasteiger partial charge >= 0.3 is 0 Å². The van der Waals surface area contributed by atoms with Crippen LogP contribution in [0.2, 0.25) is 0 Å². The number of halogens is 4. The summed E-state index contributed by atoms with van der Waals surface area (Å²) in [5, 5.41) is 2.12. The van der Waals surface area contributed by atoms with E-state index in [9.17, 15) is 4.39 Å². The van der Waals surface area contributed by atoms with Crippen molar-refractivity contribution in [3.05, 3.63) is 200 Å². The molecular weight excluding hydrogens is 947 g/mol. The molecule has 0 fully saturated rings. The molecule has 4 aromatic carbocycles. The molecule has 12 heteroatoms. The van der Waals surface area contributed by atoms with Crippen LogP contribution in [0.1, 0.15) is 22.8 Å². The monoisotopic (exact) mass is 976 g/mol. The summed E-state index contributed by atoms with van der Waals surface area (Å²) >= 11 is 10.5. The SMILES string of the molecule is Brc1cccc(Cc2nc(-c3ccc4ncccc4c3)c(-c3cccc(Br)n3)[nH]2)c1.Fc1cccc(Cc2nc(-c3ccc4ncccc4c3)c(-c3cccc(Br)n3)[nH]2)c1. The third-order valence-electron chi connectivity index (χ3n) is 9.72. The number of benzene rings is 4. The Morgan fingerprint density at radius 3 is 1.47 bits per heavy atom. The Hall–Kier alpha value is -6.21. The zero-order valence-electron chi connectivity index (χ0n) is 31.6. The van der Waals surface area contributed by atoms with Crippen LogP contribution in [0.5, 0.6) is 0 Å². The van der Waals surface area contributed by atoms with Gasteiger partial charge in [0.05, 0.1) is 45.2 Å². The first-order valence-corrected chi connectivity index (χ1v) is 21.3. The van der Waals surface area contributed by atoms with Crippen molar-refractivity contribution in [1.29, 1.82) is 0 Å². The van der Waals surface area contributed by atoms with E-state index in [0.29, 0.717) is 12.8 Å². The van der Waals surface area contributed by atoms with Crippen molar-refractivity contribution in [2.45, 2.75) is 12.8 Å². The van der Waals surface area contributed by atoms with Crippen LogP contribution in [0, 0.1) is 5.82 Å². The van der Waals surface area contributed by atoms with Crippen LogP contribution in [0.25, 0.3) is 67.1 Å². The molecule has 10 rings (SSSR count). The number of rotatable bonds is 8. The lowest BCUT2D eigenvalue weighted by Crippen LogP contribution is -1.92. The van der Waals surface area contributed by atoms with Crippen molar-refractivity contribution in [2.75, 3.05) is 0 Å². The smallest absolute Gasteiger partial charge is 0.123 e. The number of nitrogens with one attached hydrogen (secondary N) is 2. The second-order valence-corrected chi connectivity index (χ2v) is 16.5. The maximum Gasteiger partial charge on any atom is 0.123 e.